The number of benzene rings is 2. The molecule has 2 atom stereocenters. The number of nitrogens with one attached hydrogen (secondary N) is 4. The summed E-state index contributed by atoms with van der Waals surface area (Å²) in [6.45, 7) is 2.74. The summed E-state index contributed by atoms with van der Waals surface area (Å²) in [6, 6.07) is 16.3. The Labute approximate surface area is 300 Å². The summed E-state index contributed by atoms with van der Waals surface area (Å²) in [5.74, 6) is 0.951. The number of pyridine rings is 2. The number of aromatic nitrogens is 3. The van der Waals surface area contributed by atoms with Crippen molar-refractivity contribution in [2.75, 3.05) is 20.2 Å². The second-order valence-corrected chi connectivity index (χ2v) is 13.7. The molecule has 5 heterocycles. The van der Waals surface area contributed by atoms with Crippen LogP contribution in [0.15, 0.2) is 67.1 Å². The highest BCUT2D eigenvalue weighted by Gasteiger charge is 2.22. The molecule has 258 valence electrons. The number of rotatable bonds is 12. The zero-order valence-electron chi connectivity index (χ0n) is 28.0. The lowest BCUT2D eigenvalue weighted by molar-refractivity contribution is -0.120. The van der Waals surface area contributed by atoms with Crippen molar-refractivity contribution < 1.29 is 14.3 Å². The second-order valence-electron chi connectivity index (χ2n) is 12.9. The van der Waals surface area contributed by atoms with Gasteiger partial charge >= 0.3 is 0 Å². The number of ether oxygens (including phenoxy) is 1. The Morgan fingerprint density at radius 2 is 1.36 bits per heavy atom. The maximum absolute atomic E-state index is 11.5. The normalized spacial score (nSPS) is 17.4. The number of halogens is 2. The van der Waals surface area contributed by atoms with Crippen LogP contribution in [0.1, 0.15) is 36.8 Å². The molecule has 2 fully saturated rings. The summed E-state index contributed by atoms with van der Waals surface area (Å²) in [6.07, 6.45) is 8.51. The molecule has 12 heteroatoms. The fourth-order valence-electron chi connectivity index (χ4n) is 6.92. The van der Waals surface area contributed by atoms with Crippen molar-refractivity contribution in [1.29, 1.82) is 0 Å². The maximum Gasteiger partial charge on any atom is 0.220 e. The average molecular weight is 713 g/mol. The van der Waals surface area contributed by atoms with Crippen LogP contribution < -0.4 is 26.0 Å². The average Bonchev–Trinajstić information content (AvgIpc) is 3.83. The molecule has 0 saturated carbocycles. The topological polar surface area (TPSA) is 122 Å². The first-order chi connectivity index (χ1) is 24.3. The first-order valence-corrected chi connectivity index (χ1v) is 17.6. The van der Waals surface area contributed by atoms with Crippen LogP contribution in [-0.2, 0) is 29.7 Å². The van der Waals surface area contributed by atoms with Gasteiger partial charge in [-0.25, -0.2) is 0 Å². The van der Waals surface area contributed by atoms with Crippen molar-refractivity contribution in [3.05, 3.63) is 88.3 Å². The van der Waals surface area contributed by atoms with E-state index >= 15 is 0 Å². The largest absolute Gasteiger partial charge is 0.496 e. The number of fused-ring (bicyclic) bond motifs is 1. The van der Waals surface area contributed by atoms with Gasteiger partial charge in [0.2, 0.25) is 11.8 Å². The van der Waals surface area contributed by atoms with Crippen LogP contribution in [0.4, 0.5) is 0 Å². The van der Waals surface area contributed by atoms with Crippen molar-refractivity contribution in [1.82, 2.24) is 35.8 Å². The molecule has 2 saturated heterocycles. The molecule has 10 nitrogen and oxygen atoms in total. The third-order valence-electron chi connectivity index (χ3n) is 9.56. The standard InChI is InChI=1S/C38H39Cl2N7O3/c1-47-21-25(18-42-20-27-7-10-34(49)46-27)28-8-5-22(15-31(28)47)37-35(39)29(11-13-43-37)30-12-14-44-38(36(30)40)23-3-4-24(32(16-23)50-2)17-41-19-26-6-9-33(48)45-26/h3-5,8,11-16,21,26-27,41-42H,6-7,9-10,17-20H2,1-2H3,(H,45,48)(H,46,49)/t26-,27+/m0/s1. The van der Waals surface area contributed by atoms with Gasteiger partial charge in [0.05, 0.1) is 28.5 Å². The van der Waals surface area contributed by atoms with Crippen LogP contribution in [-0.4, -0.2) is 58.6 Å². The number of carbonyl (C=O) groups is 2. The zero-order chi connectivity index (χ0) is 34.8. The minimum Gasteiger partial charge on any atom is -0.496 e. The van der Waals surface area contributed by atoms with E-state index in [0.717, 1.165) is 63.9 Å². The van der Waals surface area contributed by atoms with Crippen LogP contribution in [0.2, 0.25) is 10.0 Å². The Bertz CT molecular complexity index is 2080. The van der Waals surface area contributed by atoms with Crippen molar-refractivity contribution in [2.24, 2.45) is 7.05 Å². The van der Waals surface area contributed by atoms with Gasteiger partial charge in [-0.1, -0.05) is 47.5 Å². The molecular weight excluding hydrogens is 673 g/mol. The Kier molecular flexibility index (Phi) is 10.1. The predicted molar refractivity (Wildman–Crippen MR) is 197 cm³/mol. The molecule has 0 bridgehead atoms. The monoisotopic (exact) mass is 711 g/mol. The molecule has 2 aliphatic heterocycles. The van der Waals surface area contributed by atoms with Gasteiger partial charge in [0.25, 0.3) is 0 Å². The highest BCUT2D eigenvalue weighted by molar-refractivity contribution is 6.39. The van der Waals surface area contributed by atoms with E-state index in [1.807, 2.05) is 43.4 Å². The van der Waals surface area contributed by atoms with E-state index in [1.54, 1.807) is 19.5 Å². The Morgan fingerprint density at radius 3 is 1.92 bits per heavy atom. The van der Waals surface area contributed by atoms with Crippen LogP contribution >= 0.6 is 23.2 Å². The minimum absolute atomic E-state index is 0.107. The van der Waals surface area contributed by atoms with Gasteiger partial charge in [-0.2, -0.15) is 0 Å². The molecule has 2 aliphatic rings. The van der Waals surface area contributed by atoms with Crippen molar-refractivity contribution >= 4 is 45.9 Å². The third-order valence-corrected chi connectivity index (χ3v) is 10.3. The molecule has 0 radical (unpaired) electrons. The molecule has 0 unspecified atom stereocenters. The van der Waals surface area contributed by atoms with Gasteiger partial charge in [-0.15, -0.1) is 0 Å². The summed E-state index contributed by atoms with van der Waals surface area (Å²) in [5, 5.41) is 15.0. The molecule has 3 aromatic heterocycles. The summed E-state index contributed by atoms with van der Waals surface area (Å²) in [4.78, 5) is 32.4. The Balaban J connectivity index is 1.11. The van der Waals surface area contributed by atoms with E-state index in [-0.39, 0.29) is 23.9 Å². The van der Waals surface area contributed by atoms with E-state index < -0.39 is 0 Å². The SMILES string of the molecule is COc1cc(-c2nccc(-c3ccnc(-c4ccc5c(CNC[C@H]6CCC(=O)N6)cn(C)c5c4)c3Cl)c2Cl)ccc1CNC[C@@H]1CCC(=O)N1. The quantitative estimate of drug-likeness (QED) is 0.125. The number of hydrogen-bond donors (Lipinski definition) is 4. The summed E-state index contributed by atoms with van der Waals surface area (Å²) >= 11 is 14.2. The lowest BCUT2D eigenvalue weighted by Crippen LogP contribution is -2.35. The maximum atomic E-state index is 11.5. The smallest absolute Gasteiger partial charge is 0.220 e. The minimum atomic E-state index is 0.107. The molecule has 2 aromatic carbocycles. The highest BCUT2D eigenvalue weighted by atomic mass is 35.5. The van der Waals surface area contributed by atoms with Crippen molar-refractivity contribution in [3.8, 4) is 39.4 Å². The molecule has 2 amide bonds. The lowest BCUT2D eigenvalue weighted by Gasteiger charge is -2.16. The number of carbonyl (C=O) groups excluding carboxylic acids is 2. The van der Waals surface area contributed by atoms with Crippen LogP contribution in [0.25, 0.3) is 44.5 Å². The molecule has 50 heavy (non-hydrogen) atoms. The first-order valence-electron chi connectivity index (χ1n) is 16.8. The molecule has 0 aliphatic carbocycles. The van der Waals surface area contributed by atoms with Crippen molar-refractivity contribution in [2.45, 2.75) is 50.9 Å². The number of aryl methyl sites for hydroxylation is 1. The van der Waals surface area contributed by atoms with E-state index in [1.165, 1.54) is 5.56 Å². The van der Waals surface area contributed by atoms with Gasteiger partial charge in [-0.05, 0) is 42.7 Å². The molecule has 0 spiro atoms. The summed E-state index contributed by atoms with van der Waals surface area (Å²) in [5.41, 5.74) is 7.74. The van der Waals surface area contributed by atoms with Crippen LogP contribution in [0, 0.1) is 0 Å². The van der Waals surface area contributed by atoms with E-state index in [9.17, 15) is 9.59 Å². The van der Waals surface area contributed by atoms with Crippen molar-refractivity contribution in [3.63, 3.8) is 0 Å². The van der Waals surface area contributed by atoms with Gasteiger partial charge in [-0.3, -0.25) is 19.6 Å². The summed E-state index contributed by atoms with van der Waals surface area (Å²) < 4.78 is 7.85. The Morgan fingerprint density at radius 1 is 0.800 bits per heavy atom. The van der Waals surface area contributed by atoms with Gasteiger partial charge in [0.1, 0.15) is 5.75 Å². The number of methoxy groups -OCH3 is 1. The van der Waals surface area contributed by atoms with E-state index in [4.69, 9.17) is 27.9 Å². The second kappa shape index (κ2) is 14.8. The third kappa shape index (κ3) is 7.07. The van der Waals surface area contributed by atoms with Crippen LogP contribution in [0.3, 0.4) is 0 Å². The highest BCUT2D eigenvalue weighted by Crippen LogP contribution is 2.42. The zero-order valence-corrected chi connectivity index (χ0v) is 29.5. The molecule has 7 rings (SSSR count). The molecule has 5 aromatic rings. The Hall–Kier alpha value is -4.48. The van der Waals surface area contributed by atoms with E-state index in [2.05, 4.69) is 54.1 Å². The van der Waals surface area contributed by atoms with Gasteiger partial charge < -0.3 is 30.6 Å². The molecular formula is C38H39Cl2N7O3. The fourth-order valence-corrected chi connectivity index (χ4v) is 7.57. The number of nitrogens with zero attached hydrogens (tertiary/aromatic N) is 3. The molecule has 4 N–H and O–H groups in total. The predicted octanol–water partition coefficient (Wildman–Crippen LogP) is 6.02. The van der Waals surface area contributed by atoms with Crippen LogP contribution in [0.5, 0.6) is 5.75 Å². The van der Waals surface area contributed by atoms with Gasteiger partial charge in [0.15, 0.2) is 0 Å². The fraction of sp³-hybridized carbons (Fsp3) is 0.316. The number of amides is 2. The first kappa shape index (κ1) is 34.0. The van der Waals surface area contributed by atoms with E-state index in [0.29, 0.717) is 53.9 Å². The van der Waals surface area contributed by atoms with Gasteiger partial charge in [0, 0.05) is 115 Å². The summed E-state index contributed by atoms with van der Waals surface area (Å²) in [7, 11) is 3.68. The lowest BCUT2D eigenvalue weighted by atomic mass is 10.00. The number of hydrogen-bond acceptors (Lipinski definition) is 7.